The van der Waals surface area contributed by atoms with Gasteiger partial charge < -0.3 is 14.6 Å². The van der Waals surface area contributed by atoms with Crippen LogP contribution in [-0.4, -0.2) is 30.2 Å². The highest BCUT2D eigenvalue weighted by atomic mass is 16.5. The number of rotatable bonds is 4. The summed E-state index contributed by atoms with van der Waals surface area (Å²) in [5.74, 6) is 0. The summed E-state index contributed by atoms with van der Waals surface area (Å²) in [7, 11) is 0. The smallest absolute Gasteiger partial charge is 0.129 e. The molecule has 1 fully saturated rings. The van der Waals surface area contributed by atoms with Crippen LogP contribution < -0.4 is 0 Å². The molecule has 1 aliphatic heterocycles. The van der Waals surface area contributed by atoms with Crippen LogP contribution in [0.4, 0.5) is 0 Å². The van der Waals surface area contributed by atoms with E-state index in [-0.39, 0.29) is 17.6 Å². The van der Waals surface area contributed by atoms with E-state index in [4.69, 9.17) is 9.84 Å². The Kier molecular flexibility index (Phi) is 3.09. The Hall–Kier alpha value is -0.410. The summed E-state index contributed by atoms with van der Waals surface area (Å²) in [6.07, 6.45) is 3.19. The van der Waals surface area contributed by atoms with E-state index in [9.17, 15) is 4.79 Å². The van der Waals surface area contributed by atoms with Crippen molar-refractivity contribution in [2.45, 2.75) is 38.7 Å². The van der Waals surface area contributed by atoms with E-state index in [1.807, 2.05) is 13.8 Å². The average Bonchev–Trinajstić information content (AvgIpc) is 2.38. The molecular weight excluding hydrogens is 168 g/mol. The molecule has 0 spiro atoms. The van der Waals surface area contributed by atoms with Crippen molar-refractivity contribution in [3.63, 3.8) is 0 Å². The summed E-state index contributed by atoms with van der Waals surface area (Å²) in [4.78, 5) is 11.1. The van der Waals surface area contributed by atoms with Gasteiger partial charge in [-0.2, -0.15) is 0 Å². The molecule has 0 aromatic carbocycles. The third kappa shape index (κ3) is 1.76. The summed E-state index contributed by atoms with van der Waals surface area (Å²) in [6.45, 7) is 4.69. The topological polar surface area (TPSA) is 46.5 Å². The molecule has 0 radical (unpaired) electrons. The zero-order valence-corrected chi connectivity index (χ0v) is 8.38. The zero-order chi connectivity index (χ0) is 9.95. The predicted molar refractivity (Wildman–Crippen MR) is 49.5 cm³/mol. The SMILES string of the molecule is CC1(C)OCCC1(C=O)CCCO. The van der Waals surface area contributed by atoms with Crippen molar-refractivity contribution < 1.29 is 14.6 Å². The quantitative estimate of drug-likeness (QED) is 0.670. The highest BCUT2D eigenvalue weighted by Crippen LogP contribution is 2.45. The lowest BCUT2D eigenvalue weighted by molar-refractivity contribution is -0.125. The van der Waals surface area contributed by atoms with E-state index in [2.05, 4.69) is 0 Å². The van der Waals surface area contributed by atoms with Gasteiger partial charge in [0, 0.05) is 13.2 Å². The van der Waals surface area contributed by atoms with Crippen molar-refractivity contribution in [2.24, 2.45) is 5.41 Å². The molecule has 1 unspecified atom stereocenters. The molecule has 13 heavy (non-hydrogen) atoms. The predicted octanol–water partition coefficient (Wildman–Crippen LogP) is 1.14. The number of aliphatic hydroxyl groups excluding tert-OH is 1. The van der Waals surface area contributed by atoms with Crippen molar-refractivity contribution in [3.8, 4) is 0 Å². The molecule has 3 heteroatoms. The summed E-state index contributed by atoms with van der Waals surface area (Å²) in [5.41, 5.74) is -0.750. The van der Waals surface area contributed by atoms with Crippen molar-refractivity contribution in [3.05, 3.63) is 0 Å². The lowest BCUT2D eigenvalue weighted by Gasteiger charge is -2.35. The van der Waals surface area contributed by atoms with E-state index in [1.54, 1.807) is 0 Å². The molecule has 1 aliphatic rings. The van der Waals surface area contributed by atoms with Gasteiger partial charge in [-0.15, -0.1) is 0 Å². The summed E-state index contributed by atoms with van der Waals surface area (Å²) < 4.78 is 5.53. The second-order valence-electron chi connectivity index (χ2n) is 4.21. The van der Waals surface area contributed by atoms with Crippen molar-refractivity contribution in [1.82, 2.24) is 0 Å². The van der Waals surface area contributed by atoms with Gasteiger partial charge in [-0.05, 0) is 33.1 Å². The van der Waals surface area contributed by atoms with Gasteiger partial charge in [0.25, 0.3) is 0 Å². The molecule has 0 saturated carbocycles. The monoisotopic (exact) mass is 186 g/mol. The van der Waals surface area contributed by atoms with Crippen molar-refractivity contribution >= 4 is 6.29 Å². The third-order valence-corrected chi connectivity index (χ3v) is 3.22. The van der Waals surface area contributed by atoms with Crippen molar-refractivity contribution in [2.75, 3.05) is 13.2 Å². The molecule has 0 aromatic heterocycles. The average molecular weight is 186 g/mol. The van der Waals surface area contributed by atoms with Gasteiger partial charge in [0.15, 0.2) is 0 Å². The largest absolute Gasteiger partial charge is 0.396 e. The lowest BCUT2D eigenvalue weighted by Crippen LogP contribution is -2.41. The van der Waals surface area contributed by atoms with Crippen LogP contribution in [0, 0.1) is 5.41 Å². The number of aldehydes is 1. The fourth-order valence-electron chi connectivity index (χ4n) is 2.01. The Labute approximate surface area is 79.1 Å². The fourth-order valence-corrected chi connectivity index (χ4v) is 2.01. The molecule has 1 rings (SSSR count). The van der Waals surface area contributed by atoms with Crippen LogP contribution in [0.25, 0.3) is 0 Å². The molecule has 1 heterocycles. The molecule has 0 amide bonds. The molecule has 0 aromatic rings. The summed E-state index contributed by atoms with van der Waals surface area (Å²) in [5, 5.41) is 8.75. The molecule has 0 aliphatic carbocycles. The molecular formula is C10H18O3. The van der Waals surface area contributed by atoms with E-state index in [1.165, 1.54) is 0 Å². The number of hydrogen-bond donors (Lipinski definition) is 1. The van der Waals surface area contributed by atoms with Gasteiger partial charge in [-0.1, -0.05) is 0 Å². The van der Waals surface area contributed by atoms with Gasteiger partial charge >= 0.3 is 0 Å². The molecule has 1 N–H and O–H groups in total. The Bertz CT molecular complexity index is 189. The van der Waals surface area contributed by atoms with Gasteiger partial charge in [-0.3, -0.25) is 0 Å². The normalized spacial score (nSPS) is 31.9. The number of aliphatic hydroxyl groups is 1. The molecule has 1 saturated heterocycles. The highest BCUT2D eigenvalue weighted by molar-refractivity contribution is 5.62. The number of hydrogen-bond acceptors (Lipinski definition) is 3. The van der Waals surface area contributed by atoms with E-state index in [0.29, 0.717) is 13.0 Å². The van der Waals surface area contributed by atoms with Crippen LogP contribution in [0.2, 0.25) is 0 Å². The van der Waals surface area contributed by atoms with Gasteiger partial charge in [0.05, 0.1) is 11.0 Å². The third-order valence-electron chi connectivity index (χ3n) is 3.22. The minimum Gasteiger partial charge on any atom is -0.396 e. The van der Waals surface area contributed by atoms with Crippen LogP contribution in [0.15, 0.2) is 0 Å². The number of ether oxygens (including phenoxy) is 1. The molecule has 1 atom stereocenters. The first-order valence-corrected chi connectivity index (χ1v) is 4.79. The number of carbonyl (C=O) groups is 1. The number of carbonyl (C=O) groups excluding carboxylic acids is 1. The maximum atomic E-state index is 11.1. The Balaban J connectivity index is 2.73. The first-order chi connectivity index (χ1) is 6.08. The second-order valence-corrected chi connectivity index (χ2v) is 4.21. The maximum Gasteiger partial charge on any atom is 0.129 e. The molecule has 0 bridgehead atoms. The van der Waals surface area contributed by atoms with E-state index in [0.717, 1.165) is 19.1 Å². The first-order valence-electron chi connectivity index (χ1n) is 4.79. The highest BCUT2D eigenvalue weighted by Gasteiger charge is 2.49. The standard InChI is InChI=1S/C10H18O3/c1-9(2)10(8-12,4-3-6-11)5-7-13-9/h8,11H,3-7H2,1-2H3. The minimum absolute atomic E-state index is 0.145. The van der Waals surface area contributed by atoms with Gasteiger partial charge in [0.1, 0.15) is 6.29 Å². The van der Waals surface area contributed by atoms with Crippen LogP contribution >= 0.6 is 0 Å². The second kappa shape index (κ2) is 3.76. The summed E-state index contributed by atoms with van der Waals surface area (Å²) >= 11 is 0. The maximum absolute atomic E-state index is 11.1. The van der Waals surface area contributed by atoms with Gasteiger partial charge in [0.2, 0.25) is 0 Å². The van der Waals surface area contributed by atoms with Crippen LogP contribution in [0.5, 0.6) is 0 Å². The van der Waals surface area contributed by atoms with Gasteiger partial charge in [-0.25, -0.2) is 0 Å². The first kappa shape index (κ1) is 10.7. The fraction of sp³-hybridized carbons (Fsp3) is 0.900. The van der Waals surface area contributed by atoms with E-state index >= 15 is 0 Å². The molecule has 76 valence electrons. The van der Waals surface area contributed by atoms with Crippen molar-refractivity contribution in [1.29, 1.82) is 0 Å². The van der Waals surface area contributed by atoms with Crippen LogP contribution in [0.1, 0.15) is 33.1 Å². The Morgan fingerprint density at radius 3 is 2.62 bits per heavy atom. The van der Waals surface area contributed by atoms with Crippen LogP contribution in [-0.2, 0) is 9.53 Å². The molecule has 3 nitrogen and oxygen atoms in total. The Morgan fingerprint density at radius 1 is 1.54 bits per heavy atom. The summed E-state index contributed by atoms with van der Waals surface area (Å²) in [6, 6.07) is 0. The lowest BCUT2D eigenvalue weighted by atomic mass is 9.71. The van der Waals surface area contributed by atoms with E-state index < -0.39 is 0 Å². The minimum atomic E-state index is -0.379. The van der Waals surface area contributed by atoms with Crippen LogP contribution in [0.3, 0.4) is 0 Å². The Morgan fingerprint density at radius 2 is 2.23 bits per heavy atom. The zero-order valence-electron chi connectivity index (χ0n) is 8.38.